The minimum Gasteiger partial charge on any atom is -0.444 e. The Balaban J connectivity index is 2.00. The third kappa shape index (κ3) is 5.26. The first-order chi connectivity index (χ1) is 12.2. The summed E-state index contributed by atoms with van der Waals surface area (Å²) < 4.78 is 17.7. The Morgan fingerprint density at radius 2 is 1.70 bits per heavy atom. The van der Waals surface area contributed by atoms with E-state index in [2.05, 4.69) is 52.8 Å². The van der Waals surface area contributed by atoms with E-state index >= 15 is 0 Å². The van der Waals surface area contributed by atoms with Crippen molar-refractivity contribution < 1.29 is 18.8 Å². The van der Waals surface area contributed by atoms with Crippen LogP contribution in [0, 0.1) is 6.92 Å². The smallest absolute Gasteiger partial charge is 0.444 e. The van der Waals surface area contributed by atoms with E-state index < -0.39 is 5.60 Å². The quantitative estimate of drug-likeness (QED) is 0.753. The van der Waals surface area contributed by atoms with Crippen LogP contribution < -0.4 is 5.46 Å². The van der Waals surface area contributed by atoms with E-state index in [-0.39, 0.29) is 24.4 Å². The zero-order valence-electron chi connectivity index (χ0n) is 18.3. The number of hydrogen-bond acceptors (Lipinski definition) is 4. The average molecular weight is 375 g/mol. The fourth-order valence-electron chi connectivity index (χ4n) is 2.86. The molecular formula is C21H34BNO4. The molecule has 150 valence electrons. The minimum atomic E-state index is -0.480. The average Bonchev–Trinajstić information content (AvgIpc) is 2.71. The predicted molar refractivity (Wildman–Crippen MR) is 109 cm³/mol. The molecule has 2 rings (SSSR count). The van der Waals surface area contributed by atoms with Gasteiger partial charge in [0.25, 0.3) is 0 Å². The fraction of sp³-hybridized carbons (Fsp3) is 0.667. The number of benzene rings is 1. The molecule has 1 aromatic rings. The molecule has 1 amide bonds. The first-order valence-corrected chi connectivity index (χ1v) is 9.61. The highest BCUT2D eigenvalue weighted by Gasteiger charge is 2.52. The number of rotatable bonds is 4. The Morgan fingerprint density at radius 3 is 2.19 bits per heavy atom. The van der Waals surface area contributed by atoms with Gasteiger partial charge in [-0.2, -0.15) is 0 Å². The summed E-state index contributed by atoms with van der Waals surface area (Å²) in [6.07, 6.45) is 0.466. The first-order valence-electron chi connectivity index (χ1n) is 9.61. The monoisotopic (exact) mass is 375 g/mol. The Labute approximate surface area is 164 Å². The molecule has 1 aliphatic heterocycles. The number of likely N-dealkylation sites (N-methyl/N-ethyl adjacent to an activating group) is 1. The zero-order valence-corrected chi connectivity index (χ0v) is 18.3. The maximum absolute atomic E-state index is 12.1. The van der Waals surface area contributed by atoms with Crippen molar-refractivity contribution in [3.63, 3.8) is 0 Å². The standard InChI is InChI=1S/C21H34BNO4/c1-15-14-16(12-13-23(9)18(24)25-19(2,3)4)10-11-17(15)22-26-20(5,6)21(7,8)27-22/h10-11,14H,12-13H2,1-9H3. The van der Waals surface area contributed by atoms with Gasteiger partial charge in [0.15, 0.2) is 0 Å². The van der Waals surface area contributed by atoms with Crippen molar-refractivity contribution in [2.45, 2.75) is 78.6 Å². The van der Waals surface area contributed by atoms with Crippen molar-refractivity contribution >= 4 is 18.7 Å². The van der Waals surface area contributed by atoms with E-state index in [1.54, 1.807) is 11.9 Å². The summed E-state index contributed by atoms with van der Waals surface area (Å²) in [5.74, 6) is 0. The molecule has 1 aliphatic rings. The summed E-state index contributed by atoms with van der Waals surface area (Å²) in [4.78, 5) is 13.7. The summed E-state index contributed by atoms with van der Waals surface area (Å²) in [5.41, 5.74) is 2.18. The van der Waals surface area contributed by atoms with Crippen LogP contribution >= 0.6 is 0 Å². The molecule has 1 saturated heterocycles. The van der Waals surface area contributed by atoms with Crippen molar-refractivity contribution in [1.29, 1.82) is 0 Å². The van der Waals surface area contributed by atoms with Crippen LogP contribution in [0.2, 0.25) is 0 Å². The van der Waals surface area contributed by atoms with Crippen molar-refractivity contribution in [2.24, 2.45) is 0 Å². The van der Waals surface area contributed by atoms with Gasteiger partial charge in [0.1, 0.15) is 5.60 Å². The van der Waals surface area contributed by atoms with Gasteiger partial charge < -0.3 is 18.9 Å². The summed E-state index contributed by atoms with van der Waals surface area (Å²) in [6, 6.07) is 6.29. The second-order valence-corrected chi connectivity index (χ2v) is 9.43. The molecule has 1 aromatic carbocycles. The van der Waals surface area contributed by atoms with Gasteiger partial charge in [-0.15, -0.1) is 0 Å². The number of carbonyl (C=O) groups excluding carboxylic acids is 1. The van der Waals surface area contributed by atoms with Gasteiger partial charge in [-0.05, 0) is 72.8 Å². The number of ether oxygens (including phenoxy) is 1. The molecule has 5 nitrogen and oxygen atoms in total. The molecule has 0 N–H and O–H groups in total. The normalized spacial score (nSPS) is 18.5. The molecule has 0 radical (unpaired) electrons. The number of hydrogen-bond donors (Lipinski definition) is 0. The van der Waals surface area contributed by atoms with Crippen molar-refractivity contribution in [2.75, 3.05) is 13.6 Å². The predicted octanol–water partition coefficient (Wildman–Crippen LogP) is 3.70. The van der Waals surface area contributed by atoms with Gasteiger partial charge in [0, 0.05) is 13.6 Å². The lowest BCUT2D eigenvalue weighted by Gasteiger charge is -2.32. The lowest BCUT2D eigenvalue weighted by Crippen LogP contribution is -2.41. The van der Waals surface area contributed by atoms with Gasteiger partial charge in [-0.25, -0.2) is 4.79 Å². The minimum absolute atomic E-state index is 0.298. The summed E-state index contributed by atoms with van der Waals surface area (Å²) in [6.45, 7) is 16.5. The number of nitrogens with zero attached hydrogens (tertiary/aromatic N) is 1. The largest absolute Gasteiger partial charge is 0.495 e. The van der Waals surface area contributed by atoms with E-state index in [4.69, 9.17) is 14.0 Å². The maximum atomic E-state index is 12.1. The highest BCUT2D eigenvalue weighted by Crippen LogP contribution is 2.36. The summed E-state index contributed by atoms with van der Waals surface area (Å²) in [7, 11) is 1.41. The van der Waals surface area contributed by atoms with Gasteiger partial charge in [-0.1, -0.05) is 23.8 Å². The van der Waals surface area contributed by atoms with Crippen LogP contribution in [-0.2, 0) is 20.5 Å². The van der Waals surface area contributed by atoms with Gasteiger partial charge >= 0.3 is 13.2 Å². The molecule has 0 aliphatic carbocycles. The molecule has 0 aromatic heterocycles. The second kappa shape index (κ2) is 7.48. The van der Waals surface area contributed by atoms with E-state index in [0.29, 0.717) is 6.54 Å². The fourth-order valence-corrected chi connectivity index (χ4v) is 2.86. The van der Waals surface area contributed by atoms with Crippen LogP contribution in [0.25, 0.3) is 0 Å². The first kappa shape index (κ1) is 21.8. The number of aryl methyl sites for hydroxylation is 1. The molecule has 0 bridgehead atoms. The second-order valence-electron chi connectivity index (χ2n) is 9.43. The number of amides is 1. The summed E-state index contributed by atoms with van der Waals surface area (Å²) >= 11 is 0. The molecule has 1 fully saturated rings. The Morgan fingerprint density at radius 1 is 1.15 bits per heavy atom. The topological polar surface area (TPSA) is 48.0 Å². The molecule has 0 atom stereocenters. The maximum Gasteiger partial charge on any atom is 0.495 e. The molecule has 27 heavy (non-hydrogen) atoms. The molecular weight excluding hydrogens is 341 g/mol. The van der Waals surface area contributed by atoms with E-state index in [1.165, 1.54) is 5.56 Å². The zero-order chi connectivity index (χ0) is 20.6. The summed E-state index contributed by atoms with van der Waals surface area (Å²) in [5, 5.41) is 0. The number of carbonyl (C=O) groups is 1. The Kier molecular flexibility index (Phi) is 6.03. The van der Waals surface area contributed by atoms with Crippen molar-refractivity contribution in [3.8, 4) is 0 Å². The van der Waals surface area contributed by atoms with E-state index in [0.717, 1.165) is 17.4 Å². The Hall–Kier alpha value is -1.53. The molecule has 0 saturated carbocycles. The molecule has 0 unspecified atom stereocenters. The van der Waals surface area contributed by atoms with E-state index in [1.807, 2.05) is 20.8 Å². The van der Waals surface area contributed by atoms with Crippen LogP contribution in [0.15, 0.2) is 18.2 Å². The molecule has 1 heterocycles. The molecule has 0 spiro atoms. The SMILES string of the molecule is Cc1cc(CCN(C)C(=O)OC(C)(C)C)ccc1B1OC(C)(C)C(C)(C)O1. The van der Waals surface area contributed by atoms with Gasteiger partial charge in [0.05, 0.1) is 11.2 Å². The van der Waals surface area contributed by atoms with Crippen LogP contribution in [0.1, 0.15) is 59.6 Å². The highest BCUT2D eigenvalue weighted by atomic mass is 16.7. The van der Waals surface area contributed by atoms with Gasteiger partial charge in [-0.3, -0.25) is 0 Å². The van der Waals surface area contributed by atoms with Crippen LogP contribution in [-0.4, -0.2) is 48.5 Å². The lowest BCUT2D eigenvalue weighted by molar-refractivity contribution is 0.00578. The third-order valence-electron chi connectivity index (χ3n) is 5.28. The third-order valence-corrected chi connectivity index (χ3v) is 5.28. The van der Waals surface area contributed by atoms with E-state index in [9.17, 15) is 4.79 Å². The van der Waals surface area contributed by atoms with Crippen LogP contribution in [0.5, 0.6) is 0 Å². The van der Waals surface area contributed by atoms with Gasteiger partial charge in [0.2, 0.25) is 0 Å². The van der Waals surface area contributed by atoms with Crippen molar-refractivity contribution in [3.05, 3.63) is 29.3 Å². The Bertz CT molecular complexity index is 678. The van der Waals surface area contributed by atoms with Crippen LogP contribution in [0.4, 0.5) is 4.79 Å². The lowest BCUT2D eigenvalue weighted by atomic mass is 9.75. The molecule has 6 heteroatoms. The highest BCUT2D eigenvalue weighted by molar-refractivity contribution is 6.62. The van der Waals surface area contributed by atoms with Crippen LogP contribution in [0.3, 0.4) is 0 Å². The van der Waals surface area contributed by atoms with Crippen molar-refractivity contribution in [1.82, 2.24) is 4.90 Å².